The summed E-state index contributed by atoms with van der Waals surface area (Å²) in [5.41, 5.74) is 5.76. The number of carbonyl (C=O) groups excluding carboxylic acids is 3. The topological polar surface area (TPSA) is 111 Å². The number of amides is 1. The SMILES string of the molecule is CCCCCCCCC=CCCCCCCCC(=O)OCC(OCCN1CCN(CC)CC1)C(OC(=O)CCCCCCCC=CCCCCCCCC)C(N)=O. The average Bonchev–Trinajstić information content (AvgIpc) is 3.21. The predicted molar refractivity (Wildman–Crippen MR) is 237 cm³/mol. The third-order valence-corrected chi connectivity index (χ3v) is 11.2. The van der Waals surface area contributed by atoms with Crippen LogP contribution in [0.15, 0.2) is 24.3 Å². The predicted octanol–water partition coefficient (Wildman–Crippen LogP) is 11.0. The van der Waals surface area contributed by atoms with Gasteiger partial charge in [-0.3, -0.25) is 19.3 Å². The highest BCUT2D eigenvalue weighted by Gasteiger charge is 2.33. The standard InChI is InChI=1S/C48H89N3O6/c1-4-7-9-11-13-15-17-19-21-23-25-27-29-31-33-35-45(52)56-43-44(55-42-41-51-39-37-50(6-3)38-40-51)47(48(49)54)57-46(53)36-34-32-30-28-26-24-22-20-18-16-14-12-10-8-5-2/h19-22,44,47H,4-18,23-43H2,1-3H3,(H2,49,54). The second-order valence-corrected chi connectivity index (χ2v) is 16.3. The number of hydrogen-bond acceptors (Lipinski definition) is 8. The monoisotopic (exact) mass is 804 g/mol. The average molecular weight is 804 g/mol. The van der Waals surface area contributed by atoms with Crippen LogP contribution in [0, 0.1) is 0 Å². The third-order valence-electron chi connectivity index (χ3n) is 11.2. The van der Waals surface area contributed by atoms with Crippen LogP contribution in [0.1, 0.15) is 201 Å². The smallest absolute Gasteiger partial charge is 0.306 e. The van der Waals surface area contributed by atoms with Crippen LogP contribution < -0.4 is 5.73 Å². The number of esters is 2. The molecule has 0 aromatic rings. The van der Waals surface area contributed by atoms with Crippen molar-refractivity contribution in [3.8, 4) is 0 Å². The number of hydrogen-bond donors (Lipinski definition) is 1. The van der Waals surface area contributed by atoms with Crippen molar-refractivity contribution in [2.75, 3.05) is 52.5 Å². The Kier molecular flexibility index (Phi) is 36.3. The Labute approximate surface area is 350 Å². The van der Waals surface area contributed by atoms with E-state index in [-0.39, 0.29) is 19.0 Å². The number of carbonyl (C=O) groups is 3. The maximum absolute atomic E-state index is 12.9. The van der Waals surface area contributed by atoms with Crippen LogP contribution in [0.2, 0.25) is 0 Å². The number of nitrogens with zero attached hydrogens (tertiary/aromatic N) is 2. The summed E-state index contributed by atoms with van der Waals surface area (Å²) in [4.78, 5) is 42.9. The molecule has 2 atom stereocenters. The molecular weight excluding hydrogens is 715 g/mol. The normalized spacial score (nSPS) is 15.1. The van der Waals surface area contributed by atoms with Gasteiger partial charge in [0.25, 0.3) is 5.91 Å². The molecule has 1 rings (SSSR count). The summed E-state index contributed by atoms with van der Waals surface area (Å²) in [5, 5.41) is 0. The quantitative estimate of drug-likeness (QED) is 0.0370. The molecule has 332 valence electrons. The van der Waals surface area contributed by atoms with E-state index in [1.807, 2.05) is 0 Å². The molecule has 0 saturated carbocycles. The molecule has 1 amide bonds. The van der Waals surface area contributed by atoms with Gasteiger partial charge in [0.15, 0.2) is 0 Å². The van der Waals surface area contributed by atoms with E-state index in [9.17, 15) is 14.4 Å². The molecule has 9 heteroatoms. The first-order valence-corrected chi connectivity index (χ1v) is 23.9. The van der Waals surface area contributed by atoms with Gasteiger partial charge >= 0.3 is 11.9 Å². The zero-order valence-corrected chi connectivity index (χ0v) is 37.3. The van der Waals surface area contributed by atoms with Crippen LogP contribution in [0.25, 0.3) is 0 Å². The van der Waals surface area contributed by atoms with Crippen LogP contribution in [0.5, 0.6) is 0 Å². The zero-order chi connectivity index (χ0) is 41.4. The van der Waals surface area contributed by atoms with Gasteiger partial charge in [-0.1, -0.05) is 148 Å². The minimum atomic E-state index is -1.31. The highest BCUT2D eigenvalue weighted by Crippen LogP contribution is 2.15. The van der Waals surface area contributed by atoms with Crippen molar-refractivity contribution in [3.63, 3.8) is 0 Å². The Morgan fingerprint density at radius 2 is 0.947 bits per heavy atom. The Hall–Kier alpha value is -2.23. The Balaban J connectivity index is 2.39. The van der Waals surface area contributed by atoms with Crippen LogP contribution >= 0.6 is 0 Å². The van der Waals surface area contributed by atoms with Crippen LogP contribution in [-0.2, 0) is 28.6 Å². The fraction of sp³-hybridized carbons (Fsp3) is 0.854. The van der Waals surface area contributed by atoms with E-state index < -0.39 is 24.1 Å². The van der Waals surface area contributed by atoms with E-state index in [0.717, 1.165) is 96.9 Å². The molecule has 0 aliphatic carbocycles. The summed E-state index contributed by atoms with van der Waals surface area (Å²) in [7, 11) is 0. The Bertz CT molecular complexity index is 1010. The Morgan fingerprint density at radius 3 is 1.39 bits per heavy atom. The lowest BCUT2D eigenvalue weighted by Crippen LogP contribution is -2.49. The lowest BCUT2D eigenvalue weighted by molar-refractivity contribution is -0.171. The lowest BCUT2D eigenvalue weighted by atomic mass is 10.1. The van der Waals surface area contributed by atoms with E-state index in [1.165, 1.54) is 96.3 Å². The highest BCUT2D eigenvalue weighted by molar-refractivity contribution is 5.83. The third kappa shape index (κ3) is 32.3. The minimum absolute atomic E-state index is 0.179. The van der Waals surface area contributed by atoms with E-state index in [2.05, 4.69) is 54.9 Å². The highest BCUT2D eigenvalue weighted by atomic mass is 16.6. The summed E-state index contributed by atoms with van der Waals surface area (Å²) in [5.74, 6) is -1.59. The first-order valence-electron chi connectivity index (χ1n) is 23.9. The molecule has 2 N–H and O–H groups in total. The van der Waals surface area contributed by atoms with Gasteiger partial charge in [-0.15, -0.1) is 0 Å². The summed E-state index contributed by atoms with van der Waals surface area (Å²) < 4.78 is 17.3. The summed E-state index contributed by atoms with van der Waals surface area (Å²) in [6.07, 6.45) is 38.3. The van der Waals surface area contributed by atoms with E-state index in [0.29, 0.717) is 26.0 Å². The maximum Gasteiger partial charge on any atom is 0.306 e. The van der Waals surface area contributed by atoms with Gasteiger partial charge < -0.3 is 24.8 Å². The number of piperazine rings is 1. The van der Waals surface area contributed by atoms with Gasteiger partial charge in [0.2, 0.25) is 6.10 Å². The fourth-order valence-electron chi connectivity index (χ4n) is 7.33. The van der Waals surface area contributed by atoms with Gasteiger partial charge in [-0.25, -0.2) is 0 Å². The van der Waals surface area contributed by atoms with Crippen LogP contribution in [0.4, 0.5) is 0 Å². The fourth-order valence-corrected chi connectivity index (χ4v) is 7.33. The molecule has 57 heavy (non-hydrogen) atoms. The number of ether oxygens (including phenoxy) is 3. The Morgan fingerprint density at radius 1 is 0.544 bits per heavy atom. The molecular formula is C48H89N3O6. The molecule has 0 aromatic carbocycles. The second-order valence-electron chi connectivity index (χ2n) is 16.3. The van der Waals surface area contributed by atoms with Crippen molar-refractivity contribution in [2.24, 2.45) is 5.73 Å². The number of primary amides is 1. The lowest BCUT2D eigenvalue weighted by Gasteiger charge is -2.34. The molecule has 1 aliphatic rings. The molecule has 2 unspecified atom stereocenters. The molecule has 1 fully saturated rings. The second kappa shape index (κ2) is 39.2. The van der Waals surface area contributed by atoms with Crippen molar-refractivity contribution in [1.82, 2.24) is 9.80 Å². The first-order chi connectivity index (χ1) is 27.9. The van der Waals surface area contributed by atoms with Crippen LogP contribution in [0.3, 0.4) is 0 Å². The number of likely N-dealkylation sites (N-methyl/N-ethyl adjacent to an activating group) is 1. The molecule has 0 aromatic heterocycles. The summed E-state index contributed by atoms with van der Waals surface area (Å²) in [6.45, 7) is 12.4. The summed E-state index contributed by atoms with van der Waals surface area (Å²) >= 11 is 0. The number of unbranched alkanes of at least 4 members (excludes halogenated alkanes) is 22. The number of allylic oxidation sites excluding steroid dienone is 4. The van der Waals surface area contributed by atoms with Crippen molar-refractivity contribution in [3.05, 3.63) is 24.3 Å². The largest absolute Gasteiger partial charge is 0.463 e. The molecule has 0 spiro atoms. The molecule has 1 saturated heterocycles. The van der Waals surface area contributed by atoms with Crippen molar-refractivity contribution in [2.45, 2.75) is 213 Å². The van der Waals surface area contributed by atoms with Gasteiger partial charge in [-0.2, -0.15) is 0 Å². The molecule has 1 heterocycles. The number of rotatable bonds is 40. The molecule has 9 nitrogen and oxygen atoms in total. The molecule has 0 bridgehead atoms. The zero-order valence-electron chi connectivity index (χ0n) is 37.3. The van der Waals surface area contributed by atoms with Crippen LogP contribution in [-0.4, -0.2) is 92.3 Å². The van der Waals surface area contributed by atoms with Gasteiger partial charge in [-0.05, 0) is 70.8 Å². The summed E-state index contributed by atoms with van der Waals surface area (Å²) in [6, 6.07) is 0. The first kappa shape index (κ1) is 52.8. The maximum atomic E-state index is 12.9. The molecule has 0 radical (unpaired) electrons. The van der Waals surface area contributed by atoms with Crippen molar-refractivity contribution < 1.29 is 28.6 Å². The van der Waals surface area contributed by atoms with Crippen molar-refractivity contribution in [1.29, 1.82) is 0 Å². The van der Waals surface area contributed by atoms with Gasteiger partial charge in [0.05, 0.1) is 6.61 Å². The van der Waals surface area contributed by atoms with Gasteiger partial charge in [0.1, 0.15) is 12.7 Å². The van der Waals surface area contributed by atoms with E-state index >= 15 is 0 Å². The van der Waals surface area contributed by atoms with E-state index in [4.69, 9.17) is 19.9 Å². The minimum Gasteiger partial charge on any atom is -0.463 e. The molecule has 1 aliphatic heterocycles. The van der Waals surface area contributed by atoms with E-state index in [1.54, 1.807) is 0 Å². The number of nitrogens with two attached hydrogens (primary N) is 1. The van der Waals surface area contributed by atoms with Gasteiger partial charge in [0, 0.05) is 45.6 Å². The van der Waals surface area contributed by atoms with Crippen molar-refractivity contribution >= 4 is 17.8 Å².